The molecule has 0 aliphatic rings. The van der Waals surface area contributed by atoms with Gasteiger partial charge in [0.05, 0.1) is 35.5 Å². The van der Waals surface area contributed by atoms with Gasteiger partial charge in [-0.15, -0.1) is 0 Å². The zero-order valence-corrected chi connectivity index (χ0v) is 17.5. The van der Waals surface area contributed by atoms with Crippen LogP contribution in [0.1, 0.15) is 28.4 Å². The lowest BCUT2D eigenvalue weighted by Gasteiger charge is -2.14. The van der Waals surface area contributed by atoms with Crippen LogP contribution in [0.5, 0.6) is 11.5 Å². The van der Waals surface area contributed by atoms with E-state index in [1.807, 2.05) is 19.9 Å². The summed E-state index contributed by atoms with van der Waals surface area (Å²) in [5.74, 6) is 0.486. The Morgan fingerprint density at radius 3 is 2.77 bits per heavy atom. The zero-order valence-electron chi connectivity index (χ0n) is 14.4. The molecule has 0 spiro atoms. The van der Waals surface area contributed by atoms with E-state index >= 15 is 0 Å². The molecular formula is C18H17BrCl2N2O3. The minimum absolute atomic E-state index is 0.253. The van der Waals surface area contributed by atoms with Crippen molar-refractivity contribution in [2.75, 3.05) is 13.7 Å². The van der Waals surface area contributed by atoms with Gasteiger partial charge in [0, 0.05) is 16.1 Å². The van der Waals surface area contributed by atoms with Crippen LogP contribution in [0.2, 0.25) is 10.0 Å². The van der Waals surface area contributed by atoms with E-state index < -0.39 is 0 Å². The molecular weight excluding hydrogens is 443 g/mol. The number of carbonyl (C=O) groups is 1. The number of nitrogens with zero attached hydrogens (tertiary/aromatic N) is 1. The predicted octanol–water partition coefficient (Wildman–Crippen LogP) is 5.24. The Labute approximate surface area is 170 Å². The maximum Gasteiger partial charge on any atom is 0.271 e. The molecule has 2 aromatic rings. The molecule has 5 nitrogen and oxygen atoms in total. The third-order valence-electron chi connectivity index (χ3n) is 3.55. The highest BCUT2D eigenvalue weighted by molar-refractivity contribution is 9.10. The van der Waals surface area contributed by atoms with Gasteiger partial charge in [-0.3, -0.25) is 4.79 Å². The van der Waals surface area contributed by atoms with Gasteiger partial charge in [0.2, 0.25) is 0 Å². The smallest absolute Gasteiger partial charge is 0.271 e. The molecule has 0 aliphatic heterocycles. The first-order valence-electron chi connectivity index (χ1n) is 7.68. The molecule has 2 rings (SSSR count). The Bertz CT molecular complexity index is 857. The fraction of sp³-hybridized carbons (Fsp3) is 0.222. The number of nitrogens with one attached hydrogen (secondary N) is 1. The van der Waals surface area contributed by atoms with Crippen LogP contribution < -0.4 is 14.9 Å². The van der Waals surface area contributed by atoms with E-state index in [2.05, 4.69) is 26.5 Å². The number of benzene rings is 2. The highest BCUT2D eigenvalue weighted by Crippen LogP contribution is 2.40. The third kappa shape index (κ3) is 4.50. The lowest BCUT2D eigenvalue weighted by atomic mass is 10.1. The number of amides is 1. The molecule has 0 radical (unpaired) electrons. The van der Waals surface area contributed by atoms with Gasteiger partial charge in [0.25, 0.3) is 5.91 Å². The Balaban J connectivity index is 2.30. The van der Waals surface area contributed by atoms with E-state index in [1.54, 1.807) is 18.2 Å². The highest BCUT2D eigenvalue weighted by Gasteiger charge is 2.17. The lowest BCUT2D eigenvalue weighted by Crippen LogP contribution is -2.19. The fourth-order valence-corrected chi connectivity index (χ4v) is 3.02. The molecule has 8 heteroatoms. The van der Waals surface area contributed by atoms with Crippen molar-refractivity contribution in [2.45, 2.75) is 13.8 Å². The summed E-state index contributed by atoms with van der Waals surface area (Å²) in [6.07, 6.45) is 1.38. The SMILES string of the molecule is CCOc1cc(Cl)c(Cl)c(C=NNC(=O)c2cccc(Br)c2C)c1OC. The largest absolute Gasteiger partial charge is 0.492 e. The molecule has 0 aromatic heterocycles. The van der Waals surface area contributed by atoms with E-state index in [-0.39, 0.29) is 10.9 Å². The average Bonchev–Trinajstić information content (AvgIpc) is 2.61. The number of ether oxygens (including phenoxy) is 2. The molecule has 0 fully saturated rings. The molecule has 138 valence electrons. The number of hydrogen-bond acceptors (Lipinski definition) is 4. The Hall–Kier alpha value is -1.76. The van der Waals surface area contributed by atoms with Crippen LogP contribution in [0.25, 0.3) is 0 Å². The highest BCUT2D eigenvalue weighted by atomic mass is 79.9. The molecule has 0 bridgehead atoms. The summed E-state index contributed by atoms with van der Waals surface area (Å²) in [6.45, 7) is 4.12. The maximum absolute atomic E-state index is 12.3. The molecule has 0 aliphatic carbocycles. The first-order chi connectivity index (χ1) is 12.4. The van der Waals surface area contributed by atoms with Crippen LogP contribution in [0, 0.1) is 6.92 Å². The van der Waals surface area contributed by atoms with E-state index in [1.165, 1.54) is 13.3 Å². The minimum atomic E-state index is -0.345. The maximum atomic E-state index is 12.3. The van der Waals surface area contributed by atoms with Gasteiger partial charge in [0.15, 0.2) is 11.5 Å². The van der Waals surface area contributed by atoms with Crippen LogP contribution in [-0.4, -0.2) is 25.8 Å². The van der Waals surface area contributed by atoms with E-state index in [9.17, 15) is 4.79 Å². The summed E-state index contributed by atoms with van der Waals surface area (Å²) in [6, 6.07) is 6.93. The summed E-state index contributed by atoms with van der Waals surface area (Å²) in [5, 5.41) is 4.53. The molecule has 0 saturated carbocycles. The Morgan fingerprint density at radius 2 is 2.12 bits per heavy atom. The summed E-state index contributed by atoms with van der Waals surface area (Å²) < 4.78 is 11.7. The molecule has 0 unspecified atom stereocenters. The summed E-state index contributed by atoms with van der Waals surface area (Å²) in [4.78, 5) is 12.3. The first-order valence-corrected chi connectivity index (χ1v) is 9.22. The molecule has 0 heterocycles. The number of hydrogen-bond donors (Lipinski definition) is 1. The quantitative estimate of drug-likeness (QED) is 0.474. The topological polar surface area (TPSA) is 59.9 Å². The van der Waals surface area contributed by atoms with Crippen molar-refractivity contribution in [3.05, 3.63) is 55.5 Å². The van der Waals surface area contributed by atoms with Crippen LogP contribution in [0.3, 0.4) is 0 Å². The molecule has 0 saturated heterocycles. The summed E-state index contributed by atoms with van der Waals surface area (Å²) >= 11 is 15.8. The van der Waals surface area contributed by atoms with Crippen molar-refractivity contribution in [3.63, 3.8) is 0 Å². The number of halogens is 3. The minimum Gasteiger partial charge on any atom is -0.492 e. The van der Waals surface area contributed by atoms with Crippen LogP contribution in [-0.2, 0) is 0 Å². The fourth-order valence-electron chi connectivity index (χ4n) is 2.26. The zero-order chi connectivity index (χ0) is 19.3. The standard InChI is InChI=1S/C18H17BrCl2N2O3/c1-4-26-15-8-14(20)16(21)12(17(15)25-3)9-22-23-18(24)11-6-5-7-13(19)10(11)2/h5-9H,4H2,1-3H3,(H,23,24). The third-order valence-corrected chi connectivity index (χ3v) is 5.21. The van der Waals surface area contributed by atoms with Gasteiger partial charge in [0.1, 0.15) is 0 Å². The van der Waals surface area contributed by atoms with Crippen molar-refractivity contribution in [2.24, 2.45) is 5.10 Å². The molecule has 1 amide bonds. The molecule has 1 N–H and O–H groups in total. The Morgan fingerprint density at radius 1 is 1.38 bits per heavy atom. The number of methoxy groups -OCH3 is 1. The summed E-state index contributed by atoms with van der Waals surface area (Å²) in [7, 11) is 1.49. The normalized spacial score (nSPS) is 10.8. The Kier molecular flexibility index (Phi) is 7.32. The second-order valence-electron chi connectivity index (χ2n) is 5.16. The number of carbonyl (C=O) groups excluding carboxylic acids is 1. The van der Waals surface area contributed by atoms with Crippen LogP contribution >= 0.6 is 39.1 Å². The monoisotopic (exact) mass is 458 g/mol. The van der Waals surface area contributed by atoms with Crippen molar-refractivity contribution in [3.8, 4) is 11.5 Å². The van der Waals surface area contributed by atoms with E-state index in [0.29, 0.717) is 34.3 Å². The van der Waals surface area contributed by atoms with Crippen LogP contribution in [0.4, 0.5) is 0 Å². The second-order valence-corrected chi connectivity index (χ2v) is 6.80. The van der Waals surface area contributed by atoms with Gasteiger partial charge >= 0.3 is 0 Å². The average molecular weight is 460 g/mol. The van der Waals surface area contributed by atoms with E-state index in [4.69, 9.17) is 32.7 Å². The summed E-state index contributed by atoms with van der Waals surface area (Å²) in [5.41, 5.74) is 4.22. The molecule has 0 atom stereocenters. The predicted molar refractivity (Wildman–Crippen MR) is 108 cm³/mol. The van der Waals surface area contributed by atoms with Gasteiger partial charge in [-0.05, 0) is 31.5 Å². The van der Waals surface area contributed by atoms with Gasteiger partial charge in [-0.2, -0.15) is 5.10 Å². The van der Waals surface area contributed by atoms with Crippen molar-refractivity contribution in [1.82, 2.24) is 5.43 Å². The van der Waals surface area contributed by atoms with Gasteiger partial charge in [-0.1, -0.05) is 45.2 Å². The number of hydrazone groups is 1. The van der Waals surface area contributed by atoms with Crippen molar-refractivity contribution >= 4 is 51.3 Å². The van der Waals surface area contributed by atoms with E-state index in [0.717, 1.165) is 10.0 Å². The van der Waals surface area contributed by atoms with Crippen molar-refractivity contribution < 1.29 is 14.3 Å². The molecule has 26 heavy (non-hydrogen) atoms. The van der Waals surface area contributed by atoms with Gasteiger partial charge in [-0.25, -0.2) is 5.43 Å². The number of rotatable bonds is 6. The lowest BCUT2D eigenvalue weighted by molar-refractivity contribution is 0.0954. The molecule has 2 aromatic carbocycles. The second kappa shape index (κ2) is 9.26. The van der Waals surface area contributed by atoms with Gasteiger partial charge < -0.3 is 9.47 Å². The van der Waals surface area contributed by atoms with Crippen LogP contribution in [0.15, 0.2) is 33.8 Å². The van der Waals surface area contributed by atoms with Crippen molar-refractivity contribution in [1.29, 1.82) is 0 Å². The first kappa shape index (κ1) is 20.6.